The number of rotatable bonds is 5. The summed E-state index contributed by atoms with van der Waals surface area (Å²) in [5, 5.41) is 6.79. The largest absolute Gasteiger partial charge is 0.370 e. The summed E-state index contributed by atoms with van der Waals surface area (Å²) in [6.45, 7) is 8.73. The second-order valence-corrected chi connectivity index (χ2v) is 4.82. The Bertz CT molecular complexity index is 367. The Morgan fingerprint density at radius 1 is 1.33 bits per heavy atom. The highest BCUT2D eigenvalue weighted by molar-refractivity contribution is 5.45. The molecule has 0 bridgehead atoms. The molecule has 4 nitrogen and oxygen atoms in total. The van der Waals surface area contributed by atoms with Crippen molar-refractivity contribution in [2.45, 2.75) is 32.7 Å². The quantitative estimate of drug-likeness (QED) is 0.839. The first kappa shape index (κ1) is 13.1. The number of likely N-dealkylation sites (N-methyl/N-ethyl adjacent to an activating group) is 1. The van der Waals surface area contributed by atoms with Gasteiger partial charge in [0.2, 0.25) is 0 Å². The molecule has 0 spiro atoms. The lowest BCUT2D eigenvalue weighted by atomic mass is 10.1. The molecule has 0 aromatic carbocycles. The predicted molar refractivity (Wildman–Crippen MR) is 77.2 cm³/mol. The molecule has 100 valence electrons. The average Bonchev–Trinajstić information content (AvgIpc) is 2.40. The Hall–Kier alpha value is -1.29. The molecule has 1 aromatic rings. The van der Waals surface area contributed by atoms with Gasteiger partial charge in [0.25, 0.3) is 0 Å². The van der Waals surface area contributed by atoms with E-state index in [9.17, 15) is 0 Å². The molecule has 1 aliphatic rings. The van der Waals surface area contributed by atoms with Gasteiger partial charge in [-0.05, 0) is 45.0 Å². The smallest absolute Gasteiger partial charge is 0.128 e. The van der Waals surface area contributed by atoms with Crippen molar-refractivity contribution in [2.75, 3.05) is 36.8 Å². The summed E-state index contributed by atoms with van der Waals surface area (Å²) < 4.78 is 0. The molecular weight excluding hydrogens is 224 g/mol. The van der Waals surface area contributed by atoms with Gasteiger partial charge in [-0.2, -0.15) is 0 Å². The van der Waals surface area contributed by atoms with Crippen molar-refractivity contribution >= 4 is 11.6 Å². The molecule has 1 aromatic heterocycles. The average molecular weight is 248 g/mol. The lowest BCUT2D eigenvalue weighted by Gasteiger charge is -2.32. The molecule has 0 aliphatic carbocycles. The maximum atomic E-state index is 4.57. The molecule has 0 radical (unpaired) electrons. The molecular formula is C14H24N4. The van der Waals surface area contributed by atoms with Crippen LogP contribution in [0.2, 0.25) is 0 Å². The molecule has 18 heavy (non-hydrogen) atoms. The third-order valence-corrected chi connectivity index (χ3v) is 3.41. The van der Waals surface area contributed by atoms with Gasteiger partial charge in [0.15, 0.2) is 0 Å². The lowest BCUT2D eigenvalue weighted by molar-refractivity contribution is 0.226. The zero-order valence-corrected chi connectivity index (χ0v) is 11.4. The van der Waals surface area contributed by atoms with Crippen LogP contribution < -0.4 is 10.6 Å². The second kappa shape index (κ2) is 6.59. The minimum absolute atomic E-state index is 0.531. The van der Waals surface area contributed by atoms with E-state index >= 15 is 0 Å². The zero-order chi connectivity index (χ0) is 12.8. The number of hydrogen-bond acceptors (Lipinski definition) is 4. The number of hydrogen-bond donors (Lipinski definition) is 2. The fraction of sp³-hybridized carbons (Fsp3) is 0.643. The summed E-state index contributed by atoms with van der Waals surface area (Å²) in [4.78, 5) is 7.06. The molecule has 1 unspecified atom stereocenters. The van der Waals surface area contributed by atoms with Crippen molar-refractivity contribution in [3.63, 3.8) is 0 Å². The Labute approximate surface area is 110 Å². The van der Waals surface area contributed by atoms with Crippen molar-refractivity contribution in [3.05, 3.63) is 18.2 Å². The fourth-order valence-electron chi connectivity index (χ4n) is 2.46. The van der Waals surface area contributed by atoms with Crippen molar-refractivity contribution in [1.82, 2.24) is 9.88 Å². The van der Waals surface area contributed by atoms with Crippen molar-refractivity contribution in [2.24, 2.45) is 0 Å². The molecule has 1 atom stereocenters. The van der Waals surface area contributed by atoms with Gasteiger partial charge in [-0.3, -0.25) is 0 Å². The van der Waals surface area contributed by atoms with E-state index in [1.165, 1.54) is 19.4 Å². The van der Waals surface area contributed by atoms with E-state index in [-0.39, 0.29) is 0 Å². The minimum Gasteiger partial charge on any atom is -0.370 e. The zero-order valence-electron chi connectivity index (χ0n) is 11.4. The highest BCUT2D eigenvalue weighted by atomic mass is 15.2. The van der Waals surface area contributed by atoms with E-state index in [2.05, 4.69) is 34.4 Å². The number of likely N-dealkylation sites (tertiary alicyclic amines) is 1. The van der Waals surface area contributed by atoms with Gasteiger partial charge in [0, 0.05) is 19.1 Å². The van der Waals surface area contributed by atoms with Crippen molar-refractivity contribution in [3.8, 4) is 0 Å². The monoisotopic (exact) mass is 248 g/mol. The number of anilines is 2. The summed E-state index contributed by atoms with van der Waals surface area (Å²) in [7, 11) is 0. The molecule has 2 rings (SSSR count). The number of pyridine rings is 1. The summed E-state index contributed by atoms with van der Waals surface area (Å²) >= 11 is 0. The SMILES string of the molecule is CCNc1cccc(NC2CCCN(CC)C2)n1. The maximum absolute atomic E-state index is 4.57. The van der Waals surface area contributed by atoms with Crippen LogP contribution in [0.3, 0.4) is 0 Å². The number of piperidine rings is 1. The Kier molecular flexibility index (Phi) is 4.81. The standard InChI is InChI=1S/C14H24N4/c1-3-15-13-8-5-9-14(17-13)16-12-7-6-10-18(4-2)11-12/h5,8-9,12H,3-4,6-7,10-11H2,1-2H3,(H2,15,16,17). The molecule has 4 heteroatoms. The third-order valence-electron chi connectivity index (χ3n) is 3.41. The fourth-order valence-corrected chi connectivity index (χ4v) is 2.46. The van der Waals surface area contributed by atoms with Crippen molar-refractivity contribution in [1.29, 1.82) is 0 Å². The van der Waals surface area contributed by atoms with E-state index in [1.807, 2.05) is 18.2 Å². The molecule has 0 saturated carbocycles. The van der Waals surface area contributed by atoms with Gasteiger partial charge in [0.05, 0.1) is 0 Å². The van der Waals surface area contributed by atoms with Crippen LogP contribution in [0.1, 0.15) is 26.7 Å². The van der Waals surface area contributed by atoms with Gasteiger partial charge in [-0.25, -0.2) is 4.98 Å². The lowest BCUT2D eigenvalue weighted by Crippen LogP contribution is -2.41. The number of nitrogens with one attached hydrogen (secondary N) is 2. The van der Waals surface area contributed by atoms with Gasteiger partial charge in [-0.1, -0.05) is 13.0 Å². The van der Waals surface area contributed by atoms with Gasteiger partial charge < -0.3 is 15.5 Å². The van der Waals surface area contributed by atoms with E-state index in [0.717, 1.165) is 31.3 Å². The Balaban J connectivity index is 1.93. The van der Waals surface area contributed by atoms with E-state index in [1.54, 1.807) is 0 Å². The van der Waals surface area contributed by atoms with Gasteiger partial charge >= 0.3 is 0 Å². The molecule has 2 N–H and O–H groups in total. The van der Waals surface area contributed by atoms with Gasteiger partial charge in [0.1, 0.15) is 11.6 Å². The molecule has 0 amide bonds. The van der Waals surface area contributed by atoms with E-state index in [4.69, 9.17) is 0 Å². The summed E-state index contributed by atoms with van der Waals surface area (Å²) in [6.07, 6.45) is 2.52. The normalized spacial score (nSPS) is 20.7. The molecule has 2 heterocycles. The predicted octanol–water partition coefficient (Wildman–Crippen LogP) is 2.41. The van der Waals surface area contributed by atoms with Crippen LogP contribution in [-0.2, 0) is 0 Å². The maximum Gasteiger partial charge on any atom is 0.128 e. The van der Waals surface area contributed by atoms with E-state index in [0.29, 0.717) is 6.04 Å². The van der Waals surface area contributed by atoms with Crippen LogP contribution in [0.4, 0.5) is 11.6 Å². The van der Waals surface area contributed by atoms with Crippen molar-refractivity contribution < 1.29 is 0 Å². The Morgan fingerprint density at radius 2 is 2.17 bits per heavy atom. The number of nitrogens with zero attached hydrogens (tertiary/aromatic N) is 2. The van der Waals surface area contributed by atoms with Crippen LogP contribution in [-0.4, -0.2) is 42.1 Å². The molecule has 1 aliphatic heterocycles. The van der Waals surface area contributed by atoms with Crippen LogP contribution in [0.25, 0.3) is 0 Å². The van der Waals surface area contributed by atoms with Crippen LogP contribution in [0, 0.1) is 0 Å². The highest BCUT2D eigenvalue weighted by Gasteiger charge is 2.18. The topological polar surface area (TPSA) is 40.2 Å². The molecule has 1 saturated heterocycles. The van der Waals surface area contributed by atoms with Crippen LogP contribution >= 0.6 is 0 Å². The van der Waals surface area contributed by atoms with Gasteiger partial charge in [-0.15, -0.1) is 0 Å². The third kappa shape index (κ3) is 3.60. The first-order valence-electron chi connectivity index (χ1n) is 7.01. The first-order chi connectivity index (χ1) is 8.81. The summed E-state index contributed by atoms with van der Waals surface area (Å²) in [5.41, 5.74) is 0. The van der Waals surface area contributed by atoms with Crippen LogP contribution in [0.15, 0.2) is 18.2 Å². The number of aromatic nitrogens is 1. The second-order valence-electron chi connectivity index (χ2n) is 4.82. The first-order valence-corrected chi connectivity index (χ1v) is 7.01. The van der Waals surface area contributed by atoms with Crippen LogP contribution in [0.5, 0.6) is 0 Å². The summed E-state index contributed by atoms with van der Waals surface area (Å²) in [6, 6.07) is 6.64. The summed E-state index contributed by atoms with van der Waals surface area (Å²) in [5.74, 6) is 1.93. The minimum atomic E-state index is 0.531. The molecule has 1 fully saturated rings. The highest BCUT2D eigenvalue weighted by Crippen LogP contribution is 2.16. The van der Waals surface area contributed by atoms with E-state index < -0.39 is 0 Å². The Morgan fingerprint density at radius 3 is 2.94 bits per heavy atom.